The summed E-state index contributed by atoms with van der Waals surface area (Å²) in [6, 6.07) is 5.02. The van der Waals surface area contributed by atoms with Crippen molar-refractivity contribution in [1.29, 1.82) is 0 Å². The lowest BCUT2D eigenvalue weighted by Crippen LogP contribution is -2.23. The molecule has 5 nitrogen and oxygen atoms in total. The fourth-order valence-corrected chi connectivity index (χ4v) is 1.63. The summed E-state index contributed by atoms with van der Waals surface area (Å²) in [5.74, 6) is -1.91. The van der Waals surface area contributed by atoms with Gasteiger partial charge < -0.3 is 5.73 Å². The average molecular weight is 227 g/mol. The van der Waals surface area contributed by atoms with Gasteiger partial charge in [-0.15, -0.1) is 0 Å². The normalized spacial score (nSPS) is 11.0. The largest absolute Gasteiger partial charge is 0.363 e. The number of Topliss-reactive ketones (excluding diaryl/α,β-unsaturated/α-hetero) is 1. The van der Waals surface area contributed by atoms with Crippen molar-refractivity contribution in [3.8, 4) is 0 Å². The molecule has 1 aromatic rings. The smallest absolute Gasteiger partial charge is 0.289 e. The van der Waals surface area contributed by atoms with E-state index in [1.54, 1.807) is 0 Å². The quantitative estimate of drug-likeness (QED) is 0.569. The molecule has 0 unspecified atom stereocenters. The molecule has 0 saturated carbocycles. The van der Waals surface area contributed by atoms with E-state index in [-0.39, 0.29) is 10.5 Å². The maximum atomic E-state index is 11.1. The van der Waals surface area contributed by atoms with Crippen LogP contribution < -0.4 is 5.73 Å². The molecule has 0 saturated heterocycles. The van der Waals surface area contributed by atoms with Crippen LogP contribution in [-0.4, -0.2) is 26.4 Å². The van der Waals surface area contributed by atoms with Crippen LogP contribution in [0.25, 0.3) is 0 Å². The molecule has 0 bridgehead atoms. The molecule has 0 heterocycles. The van der Waals surface area contributed by atoms with E-state index in [2.05, 4.69) is 0 Å². The predicted octanol–water partition coefficient (Wildman–Crippen LogP) is -0.242. The van der Waals surface area contributed by atoms with Crippen LogP contribution in [0.15, 0.2) is 29.2 Å². The maximum Gasteiger partial charge on any atom is 0.289 e. The maximum absolute atomic E-state index is 11.1. The Labute approximate surface area is 86.8 Å². The van der Waals surface area contributed by atoms with Gasteiger partial charge in [-0.05, 0) is 24.3 Å². The highest BCUT2D eigenvalue weighted by atomic mass is 32.2. The van der Waals surface area contributed by atoms with Crippen molar-refractivity contribution >= 4 is 21.5 Å². The van der Waals surface area contributed by atoms with Crippen LogP contribution in [0.2, 0.25) is 0 Å². The van der Waals surface area contributed by atoms with Crippen LogP contribution in [0.4, 0.5) is 0 Å². The third-order valence-corrected chi connectivity index (χ3v) is 2.90. The molecule has 15 heavy (non-hydrogen) atoms. The topological polar surface area (TPSA) is 94.3 Å². The summed E-state index contributed by atoms with van der Waals surface area (Å²) in [5, 5.41) is 0. The van der Waals surface area contributed by atoms with Crippen LogP contribution in [-0.2, 0) is 14.6 Å². The van der Waals surface area contributed by atoms with Gasteiger partial charge in [-0.3, -0.25) is 9.59 Å². The SMILES string of the molecule is CS(=O)(=O)c1ccc(C(=O)C(N)=O)cc1. The van der Waals surface area contributed by atoms with Gasteiger partial charge in [0.25, 0.3) is 5.91 Å². The van der Waals surface area contributed by atoms with E-state index in [0.29, 0.717) is 0 Å². The number of primary amides is 1. The number of nitrogens with two attached hydrogens (primary N) is 1. The third kappa shape index (κ3) is 2.63. The fourth-order valence-electron chi connectivity index (χ4n) is 0.996. The summed E-state index contributed by atoms with van der Waals surface area (Å²) in [6.07, 6.45) is 1.05. The number of benzene rings is 1. The van der Waals surface area contributed by atoms with Gasteiger partial charge in [0, 0.05) is 11.8 Å². The van der Waals surface area contributed by atoms with Gasteiger partial charge in [-0.25, -0.2) is 8.42 Å². The van der Waals surface area contributed by atoms with E-state index in [1.165, 1.54) is 24.3 Å². The van der Waals surface area contributed by atoms with Crippen LogP contribution in [0.1, 0.15) is 10.4 Å². The van der Waals surface area contributed by atoms with E-state index in [1.807, 2.05) is 0 Å². The number of hydrogen-bond acceptors (Lipinski definition) is 4. The Morgan fingerprint density at radius 1 is 1.13 bits per heavy atom. The van der Waals surface area contributed by atoms with Gasteiger partial charge in [-0.2, -0.15) is 0 Å². The van der Waals surface area contributed by atoms with Crippen molar-refractivity contribution in [2.24, 2.45) is 5.73 Å². The molecule has 0 aliphatic rings. The van der Waals surface area contributed by atoms with E-state index < -0.39 is 21.5 Å². The zero-order valence-electron chi connectivity index (χ0n) is 7.93. The second kappa shape index (κ2) is 3.82. The first-order valence-corrected chi connectivity index (χ1v) is 5.86. The van der Waals surface area contributed by atoms with E-state index in [4.69, 9.17) is 5.73 Å². The summed E-state index contributed by atoms with van der Waals surface area (Å²) in [7, 11) is -3.29. The van der Waals surface area contributed by atoms with Crippen molar-refractivity contribution in [1.82, 2.24) is 0 Å². The zero-order chi connectivity index (χ0) is 11.6. The number of carbonyl (C=O) groups is 2. The number of hydrogen-bond donors (Lipinski definition) is 1. The highest BCUT2D eigenvalue weighted by molar-refractivity contribution is 7.90. The molecule has 0 spiro atoms. The van der Waals surface area contributed by atoms with Crippen LogP contribution in [0, 0.1) is 0 Å². The Kier molecular flexibility index (Phi) is 2.90. The number of rotatable bonds is 3. The van der Waals surface area contributed by atoms with Crippen LogP contribution in [0.3, 0.4) is 0 Å². The standard InChI is InChI=1S/C9H9NO4S/c1-15(13,14)7-4-2-6(3-5-7)8(11)9(10)12/h2-5H,1H3,(H2,10,12). The van der Waals surface area contributed by atoms with Crippen LogP contribution >= 0.6 is 0 Å². The lowest BCUT2D eigenvalue weighted by Gasteiger charge is -1.99. The van der Waals surface area contributed by atoms with E-state index in [0.717, 1.165) is 6.26 Å². The van der Waals surface area contributed by atoms with Crippen molar-refractivity contribution in [3.63, 3.8) is 0 Å². The van der Waals surface area contributed by atoms with Gasteiger partial charge >= 0.3 is 0 Å². The highest BCUT2D eigenvalue weighted by Crippen LogP contribution is 2.10. The Morgan fingerprint density at radius 3 is 1.93 bits per heavy atom. The second-order valence-corrected chi connectivity index (χ2v) is 5.01. The molecule has 1 amide bonds. The lowest BCUT2D eigenvalue weighted by molar-refractivity contribution is -0.114. The van der Waals surface area contributed by atoms with E-state index >= 15 is 0 Å². The molecular formula is C9H9NO4S. The Hall–Kier alpha value is -1.69. The molecule has 0 atom stereocenters. The number of carbonyl (C=O) groups excluding carboxylic acids is 2. The van der Waals surface area contributed by atoms with Crippen molar-refractivity contribution in [3.05, 3.63) is 29.8 Å². The molecule has 6 heteroatoms. The summed E-state index contributed by atoms with van der Waals surface area (Å²) in [4.78, 5) is 21.7. The first-order chi connectivity index (χ1) is 6.82. The first kappa shape index (κ1) is 11.4. The molecule has 1 aromatic carbocycles. The molecule has 0 aromatic heterocycles. The molecule has 2 N–H and O–H groups in total. The van der Waals surface area contributed by atoms with Gasteiger partial charge in [0.2, 0.25) is 5.78 Å². The minimum atomic E-state index is -3.29. The third-order valence-electron chi connectivity index (χ3n) is 1.77. The Bertz CT molecular complexity index is 501. The monoisotopic (exact) mass is 227 g/mol. The van der Waals surface area contributed by atoms with Crippen molar-refractivity contribution < 1.29 is 18.0 Å². The summed E-state index contributed by atoms with van der Waals surface area (Å²) in [6.45, 7) is 0. The Balaban J connectivity index is 3.12. The molecule has 1 rings (SSSR count). The molecular weight excluding hydrogens is 218 g/mol. The van der Waals surface area contributed by atoms with Gasteiger partial charge in [0.15, 0.2) is 9.84 Å². The molecule has 0 radical (unpaired) electrons. The van der Waals surface area contributed by atoms with E-state index in [9.17, 15) is 18.0 Å². The fraction of sp³-hybridized carbons (Fsp3) is 0.111. The number of ketones is 1. The molecule has 0 aliphatic carbocycles. The highest BCUT2D eigenvalue weighted by Gasteiger charge is 2.13. The minimum absolute atomic E-state index is 0.0786. The first-order valence-electron chi connectivity index (χ1n) is 3.96. The van der Waals surface area contributed by atoms with Crippen molar-refractivity contribution in [2.45, 2.75) is 4.90 Å². The van der Waals surface area contributed by atoms with Gasteiger partial charge in [-0.1, -0.05) is 0 Å². The minimum Gasteiger partial charge on any atom is -0.363 e. The second-order valence-electron chi connectivity index (χ2n) is 2.99. The van der Waals surface area contributed by atoms with Crippen molar-refractivity contribution in [2.75, 3.05) is 6.26 Å². The molecule has 80 valence electrons. The van der Waals surface area contributed by atoms with Crippen LogP contribution in [0.5, 0.6) is 0 Å². The summed E-state index contributed by atoms with van der Waals surface area (Å²) in [5.41, 5.74) is 4.86. The summed E-state index contributed by atoms with van der Waals surface area (Å²) < 4.78 is 22.1. The molecule has 0 aliphatic heterocycles. The Morgan fingerprint density at radius 2 is 1.60 bits per heavy atom. The number of sulfone groups is 1. The predicted molar refractivity (Wildman–Crippen MR) is 53.1 cm³/mol. The van der Waals surface area contributed by atoms with Gasteiger partial charge in [0.05, 0.1) is 4.90 Å². The molecule has 0 fully saturated rings. The summed E-state index contributed by atoms with van der Waals surface area (Å²) >= 11 is 0. The zero-order valence-corrected chi connectivity index (χ0v) is 8.74. The van der Waals surface area contributed by atoms with Gasteiger partial charge in [0.1, 0.15) is 0 Å². The number of amides is 1. The lowest BCUT2D eigenvalue weighted by atomic mass is 10.1. The average Bonchev–Trinajstić information content (AvgIpc) is 2.15.